The van der Waals surface area contributed by atoms with Gasteiger partial charge in [-0.1, -0.05) is 25.5 Å². The Bertz CT molecular complexity index is 800. The Morgan fingerprint density at radius 2 is 2.09 bits per heavy atom. The minimum absolute atomic E-state index is 0.187. The van der Waals surface area contributed by atoms with Crippen molar-refractivity contribution in [3.05, 3.63) is 25.3 Å². The Labute approximate surface area is 196 Å². The number of fused-ring (bicyclic) bond motifs is 1. The number of esters is 1. The maximum atomic E-state index is 13.9. The van der Waals surface area contributed by atoms with Gasteiger partial charge in [-0.05, 0) is 39.5 Å². The second-order valence-electron chi connectivity index (χ2n) is 9.68. The predicted octanol–water partition coefficient (Wildman–Crippen LogP) is 2.07. The van der Waals surface area contributed by atoms with Crippen LogP contribution in [0.2, 0.25) is 0 Å². The molecule has 3 fully saturated rings. The highest BCUT2D eigenvalue weighted by Gasteiger charge is 2.78. The molecule has 6 atom stereocenters. The van der Waals surface area contributed by atoms with E-state index in [0.717, 1.165) is 12.8 Å². The van der Waals surface area contributed by atoms with Crippen LogP contribution in [-0.4, -0.2) is 82.3 Å². The number of amides is 2. The summed E-state index contributed by atoms with van der Waals surface area (Å²) < 4.78 is 12.0. The minimum Gasteiger partial charge on any atom is -0.465 e. The van der Waals surface area contributed by atoms with E-state index >= 15 is 0 Å². The summed E-state index contributed by atoms with van der Waals surface area (Å²) in [7, 11) is 0. The number of aliphatic hydroxyl groups excluding tert-OH is 1. The molecule has 3 aliphatic heterocycles. The van der Waals surface area contributed by atoms with Gasteiger partial charge in [0.25, 0.3) is 0 Å². The van der Waals surface area contributed by atoms with Gasteiger partial charge in [0.15, 0.2) is 0 Å². The number of hydrogen-bond donors (Lipinski definition) is 1. The zero-order valence-corrected chi connectivity index (χ0v) is 20.1. The predicted molar refractivity (Wildman–Crippen MR) is 123 cm³/mol. The van der Waals surface area contributed by atoms with Crippen molar-refractivity contribution in [2.45, 2.75) is 76.2 Å². The molecule has 1 N–H and O–H groups in total. The first kappa shape index (κ1) is 25.4. The summed E-state index contributed by atoms with van der Waals surface area (Å²) in [5, 5.41) is 9.92. The number of ether oxygens (including phenoxy) is 2. The molecule has 0 radical (unpaired) electrons. The number of unbranched alkanes of at least 4 members (excludes halogenated alkanes) is 1. The lowest BCUT2D eigenvalue weighted by Gasteiger charge is -2.38. The van der Waals surface area contributed by atoms with Crippen molar-refractivity contribution in [1.29, 1.82) is 0 Å². The van der Waals surface area contributed by atoms with Gasteiger partial charge in [-0.25, -0.2) is 0 Å². The highest BCUT2D eigenvalue weighted by molar-refractivity contribution is 5.98. The number of nitrogens with zero attached hydrogens (tertiary/aromatic N) is 2. The van der Waals surface area contributed by atoms with Crippen molar-refractivity contribution >= 4 is 17.8 Å². The highest BCUT2D eigenvalue weighted by atomic mass is 16.6. The maximum Gasteiger partial charge on any atom is 0.312 e. The van der Waals surface area contributed by atoms with Crippen LogP contribution in [0.15, 0.2) is 25.3 Å². The molecule has 1 spiro atoms. The van der Waals surface area contributed by atoms with Crippen LogP contribution in [0.25, 0.3) is 0 Å². The van der Waals surface area contributed by atoms with E-state index in [1.165, 1.54) is 4.90 Å². The molecule has 3 heterocycles. The lowest BCUT2D eigenvalue weighted by molar-refractivity contribution is -0.161. The monoisotopic (exact) mass is 462 g/mol. The number of likely N-dealkylation sites (tertiary alicyclic amines) is 1. The molecule has 2 amide bonds. The smallest absolute Gasteiger partial charge is 0.312 e. The van der Waals surface area contributed by atoms with Crippen molar-refractivity contribution in [2.24, 2.45) is 11.8 Å². The van der Waals surface area contributed by atoms with Gasteiger partial charge in [-0.3, -0.25) is 14.4 Å². The topological polar surface area (TPSA) is 96.4 Å². The van der Waals surface area contributed by atoms with Gasteiger partial charge in [0.1, 0.15) is 17.6 Å². The van der Waals surface area contributed by atoms with Gasteiger partial charge in [0.2, 0.25) is 11.8 Å². The van der Waals surface area contributed by atoms with E-state index in [0.29, 0.717) is 32.4 Å². The zero-order valence-electron chi connectivity index (χ0n) is 20.1. The van der Waals surface area contributed by atoms with E-state index in [1.807, 2.05) is 6.92 Å². The molecule has 8 heteroatoms. The molecular weight excluding hydrogens is 424 g/mol. The lowest BCUT2D eigenvalue weighted by atomic mass is 9.66. The van der Waals surface area contributed by atoms with E-state index < -0.39 is 41.1 Å². The van der Waals surface area contributed by atoms with Crippen LogP contribution >= 0.6 is 0 Å². The van der Waals surface area contributed by atoms with Crippen molar-refractivity contribution in [3.8, 4) is 0 Å². The maximum absolute atomic E-state index is 13.9. The summed E-state index contributed by atoms with van der Waals surface area (Å²) in [4.78, 5) is 44.0. The summed E-state index contributed by atoms with van der Waals surface area (Å²) in [6, 6.07) is -1.49. The molecule has 2 unspecified atom stereocenters. The first-order chi connectivity index (χ1) is 15.7. The van der Waals surface area contributed by atoms with E-state index in [4.69, 9.17) is 9.47 Å². The van der Waals surface area contributed by atoms with Crippen LogP contribution in [-0.2, 0) is 23.9 Å². The summed E-state index contributed by atoms with van der Waals surface area (Å²) >= 11 is 0. The molecule has 0 aromatic heterocycles. The van der Waals surface area contributed by atoms with Gasteiger partial charge >= 0.3 is 5.97 Å². The summed E-state index contributed by atoms with van der Waals surface area (Å²) in [6.45, 7) is 13.8. The highest BCUT2D eigenvalue weighted by Crippen LogP contribution is 2.63. The number of rotatable bonds is 12. The van der Waals surface area contributed by atoms with E-state index in [-0.39, 0.29) is 25.0 Å². The number of carbonyl (C=O) groups is 3. The third-order valence-corrected chi connectivity index (χ3v) is 7.45. The number of carbonyl (C=O) groups excluding carboxylic acids is 3. The summed E-state index contributed by atoms with van der Waals surface area (Å²) in [5.41, 5.74) is -1.98. The fraction of sp³-hybridized carbons (Fsp3) is 0.720. The fourth-order valence-corrected chi connectivity index (χ4v) is 5.86. The second-order valence-corrected chi connectivity index (χ2v) is 9.68. The van der Waals surface area contributed by atoms with Gasteiger partial charge in [0, 0.05) is 13.1 Å². The second kappa shape index (κ2) is 9.97. The normalized spacial score (nSPS) is 33.0. The van der Waals surface area contributed by atoms with Gasteiger partial charge in [-0.2, -0.15) is 0 Å². The third kappa shape index (κ3) is 4.12. The zero-order chi connectivity index (χ0) is 24.4. The Morgan fingerprint density at radius 1 is 1.36 bits per heavy atom. The molecule has 8 nitrogen and oxygen atoms in total. The Kier molecular flexibility index (Phi) is 7.69. The van der Waals surface area contributed by atoms with Crippen molar-refractivity contribution < 1.29 is 29.0 Å². The molecule has 0 aliphatic carbocycles. The molecule has 3 rings (SSSR count). The van der Waals surface area contributed by atoms with Crippen LogP contribution in [0.3, 0.4) is 0 Å². The largest absolute Gasteiger partial charge is 0.465 e. The van der Waals surface area contributed by atoms with Crippen LogP contribution in [0.5, 0.6) is 0 Å². The molecule has 0 saturated carbocycles. The van der Waals surface area contributed by atoms with Gasteiger partial charge in [-0.15, -0.1) is 13.2 Å². The Balaban J connectivity index is 2.02. The molecule has 33 heavy (non-hydrogen) atoms. The fourth-order valence-electron chi connectivity index (χ4n) is 5.86. The molecule has 184 valence electrons. The van der Waals surface area contributed by atoms with Crippen molar-refractivity contribution in [2.75, 3.05) is 26.3 Å². The lowest BCUT2D eigenvalue weighted by Crippen LogP contribution is -2.58. The van der Waals surface area contributed by atoms with E-state index in [9.17, 15) is 19.5 Å². The number of hydrogen-bond acceptors (Lipinski definition) is 6. The SMILES string of the molecule is C=CCCOC(=O)[C@H]1[C@H]2C(=O)N([C@H](C)CO)C(C(=O)N(CC=C)CCCC)C23CC[C@]1(C)O3. The standard InChI is InChI=1S/C25H38N2O6/c1-6-9-14-26(13-8-3)22(30)20-25-12-11-24(5,33-25)19(23(31)32-15-10-7-2)18(25)21(29)27(20)17(4)16-28/h7-8,17-20,28H,2-3,6,9-16H2,1,4-5H3/t17-,18+,19-,20?,24+,25?/m1/s1. The van der Waals surface area contributed by atoms with Crippen LogP contribution in [0.4, 0.5) is 0 Å². The van der Waals surface area contributed by atoms with Gasteiger partial charge < -0.3 is 24.4 Å². The van der Waals surface area contributed by atoms with Crippen LogP contribution < -0.4 is 0 Å². The van der Waals surface area contributed by atoms with Crippen molar-refractivity contribution in [1.82, 2.24) is 9.80 Å². The Hall–Kier alpha value is -2.19. The Morgan fingerprint density at radius 3 is 2.70 bits per heavy atom. The summed E-state index contributed by atoms with van der Waals surface area (Å²) in [5.74, 6) is -2.62. The summed E-state index contributed by atoms with van der Waals surface area (Å²) in [6.07, 6.45) is 6.65. The molecule has 3 saturated heterocycles. The quantitative estimate of drug-likeness (QED) is 0.271. The van der Waals surface area contributed by atoms with Crippen molar-refractivity contribution in [3.63, 3.8) is 0 Å². The minimum atomic E-state index is -1.11. The first-order valence-electron chi connectivity index (χ1n) is 12.0. The average molecular weight is 463 g/mol. The van der Waals surface area contributed by atoms with Crippen LogP contribution in [0.1, 0.15) is 52.9 Å². The molecule has 0 aromatic rings. The first-order valence-corrected chi connectivity index (χ1v) is 12.0. The molecule has 3 aliphatic rings. The van der Waals surface area contributed by atoms with Crippen LogP contribution in [0, 0.1) is 11.8 Å². The number of aliphatic hydroxyl groups is 1. The molecular formula is C25H38N2O6. The molecule has 2 bridgehead atoms. The van der Waals surface area contributed by atoms with Gasteiger partial charge in [0.05, 0.1) is 30.8 Å². The average Bonchev–Trinajstić information content (AvgIpc) is 3.36. The molecule has 0 aromatic carbocycles. The third-order valence-electron chi connectivity index (χ3n) is 7.45. The van der Waals surface area contributed by atoms with E-state index in [2.05, 4.69) is 20.1 Å². The van der Waals surface area contributed by atoms with E-state index in [1.54, 1.807) is 24.0 Å².